The molecule has 0 aromatic carbocycles. The van der Waals surface area contributed by atoms with Crippen LogP contribution in [0.15, 0.2) is 18.3 Å². The van der Waals surface area contributed by atoms with Crippen molar-refractivity contribution in [3.05, 3.63) is 23.9 Å². The molecule has 2 heterocycles. The molecule has 1 saturated heterocycles. The minimum atomic E-state index is 0.538. The van der Waals surface area contributed by atoms with Crippen LogP contribution in [0.5, 0.6) is 0 Å². The Hall–Kier alpha value is -1.09. The van der Waals surface area contributed by atoms with Gasteiger partial charge in [-0.2, -0.15) is 0 Å². The molecule has 1 aliphatic heterocycles. The number of rotatable bonds is 3. The zero-order valence-corrected chi connectivity index (χ0v) is 10.4. The predicted molar refractivity (Wildman–Crippen MR) is 67.6 cm³/mol. The molecule has 0 bridgehead atoms. The molecule has 1 fully saturated rings. The number of nitrogens with zero attached hydrogens (tertiary/aromatic N) is 2. The van der Waals surface area contributed by atoms with Gasteiger partial charge in [-0.05, 0) is 39.3 Å². The summed E-state index contributed by atoms with van der Waals surface area (Å²) in [6.07, 6.45) is 4.39. The summed E-state index contributed by atoms with van der Waals surface area (Å²) in [7, 11) is 1.94. The van der Waals surface area contributed by atoms with Gasteiger partial charge >= 0.3 is 0 Å². The average Bonchev–Trinajstić information content (AvgIpc) is 2.77. The Morgan fingerprint density at radius 1 is 1.50 bits per heavy atom. The summed E-state index contributed by atoms with van der Waals surface area (Å²) in [4.78, 5) is 6.97. The van der Waals surface area contributed by atoms with Gasteiger partial charge in [0, 0.05) is 30.9 Å². The van der Waals surface area contributed by atoms with E-state index in [4.69, 9.17) is 0 Å². The highest BCUT2D eigenvalue weighted by molar-refractivity contribution is 5.45. The van der Waals surface area contributed by atoms with Gasteiger partial charge < -0.3 is 5.32 Å². The first kappa shape index (κ1) is 11.4. The van der Waals surface area contributed by atoms with Crippen LogP contribution >= 0.6 is 0 Å². The second-order valence-corrected chi connectivity index (χ2v) is 4.68. The van der Waals surface area contributed by atoms with Gasteiger partial charge in [-0.3, -0.25) is 4.90 Å². The standard InChI is InChI=1S/C13H21N3/c1-10(2)16-9-5-7-12(16)11-6-4-8-15-13(11)14-3/h4,6,8,10,12H,5,7,9H2,1-3H3,(H,14,15)/t12-/m0/s1. The van der Waals surface area contributed by atoms with Gasteiger partial charge in [-0.15, -0.1) is 0 Å². The number of aromatic nitrogens is 1. The number of pyridine rings is 1. The molecule has 0 radical (unpaired) electrons. The van der Waals surface area contributed by atoms with Crippen LogP contribution in [0.25, 0.3) is 0 Å². The minimum Gasteiger partial charge on any atom is -0.373 e. The summed E-state index contributed by atoms with van der Waals surface area (Å²) in [5.74, 6) is 1.03. The third kappa shape index (κ3) is 2.05. The summed E-state index contributed by atoms with van der Waals surface area (Å²) in [6, 6.07) is 5.38. The van der Waals surface area contributed by atoms with E-state index in [1.807, 2.05) is 19.3 Å². The highest BCUT2D eigenvalue weighted by atomic mass is 15.2. The molecule has 1 N–H and O–H groups in total. The van der Waals surface area contributed by atoms with E-state index in [-0.39, 0.29) is 0 Å². The van der Waals surface area contributed by atoms with Crippen LogP contribution in [0.4, 0.5) is 5.82 Å². The van der Waals surface area contributed by atoms with Crippen molar-refractivity contribution in [1.29, 1.82) is 0 Å². The van der Waals surface area contributed by atoms with Crippen LogP contribution in [-0.4, -0.2) is 29.5 Å². The second-order valence-electron chi connectivity index (χ2n) is 4.68. The first-order valence-electron chi connectivity index (χ1n) is 6.12. The Morgan fingerprint density at radius 3 is 3.00 bits per heavy atom. The van der Waals surface area contributed by atoms with Gasteiger partial charge in [-0.25, -0.2) is 4.98 Å². The quantitative estimate of drug-likeness (QED) is 0.847. The molecule has 1 aromatic heterocycles. The lowest BCUT2D eigenvalue weighted by Gasteiger charge is -2.29. The molecule has 1 atom stereocenters. The van der Waals surface area contributed by atoms with Crippen molar-refractivity contribution in [1.82, 2.24) is 9.88 Å². The molecular weight excluding hydrogens is 198 g/mol. The topological polar surface area (TPSA) is 28.2 Å². The van der Waals surface area contributed by atoms with Crippen molar-refractivity contribution >= 4 is 5.82 Å². The van der Waals surface area contributed by atoms with Crippen molar-refractivity contribution in [2.45, 2.75) is 38.8 Å². The molecule has 3 nitrogen and oxygen atoms in total. The van der Waals surface area contributed by atoms with Crippen LogP contribution in [-0.2, 0) is 0 Å². The van der Waals surface area contributed by atoms with E-state index < -0.39 is 0 Å². The lowest BCUT2D eigenvalue weighted by molar-refractivity contribution is 0.206. The van der Waals surface area contributed by atoms with E-state index in [9.17, 15) is 0 Å². The van der Waals surface area contributed by atoms with E-state index >= 15 is 0 Å². The minimum absolute atomic E-state index is 0.538. The van der Waals surface area contributed by atoms with Crippen LogP contribution in [0.1, 0.15) is 38.3 Å². The molecule has 0 saturated carbocycles. The maximum absolute atomic E-state index is 4.40. The molecule has 1 aliphatic rings. The summed E-state index contributed by atoms with van der Waals surface area (Å²) >= 11 is 0. The maximum atomic E-state index is 4.40. The molecule has 0 aliphatic carbocycles. The van der Waals surface area contributed by atoms with Gasteiger partial charge in [0.25, 0.3) is 0 Å². The third-order valence-corrected chi connectivity index (χ3v) is 3.39. The first-order chi connectivity index (χ1) is 7.74. The fourth-order valence-electron chi connectivity index (χ4n) is 2.64. The van der Waals surface area contributed by atoms with Crippen LogP contribution in [0.3, 0.4) is 0 Å². The Bertz CT molecular complexity index is 349. The molecule has 0 unspecified atom stereocenters. The van der Waals surface area contributed by atoms with Crippen molar-refractivity contribution in [2.24, 2.45) is 0 Å². The summed E-state index contributed by atoms with van der Waals surface area (Å²) in [5, 5.41) is 3.19. The smallest absolute Gasteiger partial charge is 0.130 e. The van der Waals surface area contributed by atoms with Gasteiger partial charge in [-0.1, -0.05) is 6.07 Å². The zero-order valence-electron chi connectivity index (χ0n) is 10.4. The number of nitrogens with one attached hydrogen (secondary N) is 1. The maximum Gasteiger partial charge on any atom is 0.130 e. The Labute approximate surface area is 97.9 Å². The Morgan fingerprint density at radius 2 is 2.31 bits per heavy atom. The van der Waals surface area contributed by atoms with Crippen molar-refractivity contribution in [2.75, 3.05) is 18.9 Å². The highest BCUT2D eigenvalue weighted by Gasteiger charge is 2.29. The SMILES string of the molecule is CNc1ncccc1[C@@H]1CCCN1C(C)C. The van der Waals surface area contributed by atoms with Crippen LogP contribution in [0.2, 0.25) is 0 Å². The lowest BCUT2D eigenvalue weighted by Crippen LogP contribution is -2.30. The highest BCUT2D eigenvalue weighted by Crippen LogP contribution is 2.35. The molecule has 16 heavy (non-hydrogen) atoms. The van der Waals surface area contributed by atoms with Gasteiger partial charge in [0.15, 0.2) is 0 Å². The van der Waals surface area contributed by atoms with Gasteiger partial charge in [0.05, 0.1) is 0 Å². The van der Waals surface area contributed by atoms with E-state index in [0.29, 0.717) is 12.1 Å². The number of anilines is 1. The van der Waals surface area contributed by atoms with Crippen LogP contribution in [0, 0.1) is 0 Å². The van der Waals surface area contributed by atoms with Crippen molar-refractivity contribution in [3.8, 4) is 0 Å². The number of hydrogen-bond donors (Lipinski definition) is 1. The second kappa shape index (κ2) is 4.83. The molecule has 1 aromatic rings. The average molecular weight is 219 g/mol. The number of hydrogen-bond acceptors (Lipinski definition) is 3. The van der Waals surface area contributed by atoms with E-state index in [0.717, 1.165) is 5.82 Å². The van der Waals surface area contributed by atoms with Crippen molar-refractivity contribution < 1.29 is 0 Å². The van der Waals surface area contributed by atoms with Crippen LogP contribution < -0.4 is 5.32 Å². The molecule has 0 spiro atoms. The molecular formula is C13H21N3. The monoisotopic (exact) mass is 219 g/mol. The molecule has 0 amide bonds. The van der Waals surface area contributed by atoms with Gasteiger partial charge in [0.2, 0.25) is 0 Å². The third-order valence-electron chi connectivity index (χ3n) is 3.39. The Balaban J connectivity index is 2.28. The Kier molecular flexibility index (Phi) is 3.44. The fourth-order valence-corrected chi connectivity index (χ4v) is 2.64. The lowest BCUT2D eigenvalue weighted by atomic mass is 10.0. The zero-order chi connectivity index (χ0) is 11.5. The first-order valence-corrected chi connectivity index (χ1v) is 6.12. The predicted octanol–water partition coefficient (Wildman–Crippen LogP) is 2.67. The fraction of sp³-hybridized carbons (Fsp3) is 0.615. The molecule has 2 rings (SSSR count). The molecule has 3 heteroatoms. The van der Waals surface area contributed by atoms with E-state index in [1.54, 1.807) is 0 Å². The molecule has 88 valence electrons. The normalized spacial score (nSPS) is 21.6. The largest absolute Gasteiger partial charge is 0.373 e. The summed E-state index contributed by atoms with van der Waals surface area (Å²) in [6.45, 7) is 5.75. The van der Waals surface area contributed by atoms with Crippen molar-refractivity contribution in [3.63, 3.8) is 0 Å². The number of likely N-dealkylation sites (tertiary alicyclic amines) is 1. The summed E-state index contributed by atoms with van der Waals surface area (Å²) in [5.41, 5.74) is 1.34. The van der Waals surface area contributed by atoms with E-state index in [2.05, 4.69) is 35.1 Å². The van der Waals surface area contributed by atoms with Gasteiger partial charge in [0.1, 0.15) is 5.82 Å². The summed E-state index contributed by atoms with van der Waals surface area (Å²) < 4.78 is 0. The van der Waals surface area contributed by atoms with E-state index in [1.165, 1.54) is 24.9 Å².